The third-order valence-electron chi connectivity index (χ3n) is 5.66. The summed E-state index contributed by atoms with van der Waals surface area (Å²) in [4.78, 5) is 29.3. The molecule has 0 bridgehead atoms. The number of rotatable bonds is 9. The molecule has 0 saturated carbocycles. The van der Waals surface area contributed by atoms with Crippen LogP contribution >= 0.6 is 11.8 Å². The molecule has 0 aromatic heterocycles. The number of nitrogens with zero attached hydrogens (tertiary/aromatic N) is 1. The largest absolute Gasteiger partial charge is 0.496 e. The second kappa shape index (κ2) is 12.1. The van der Waals surface area contributed by atoms with Crippen molar-refractivity contribution in [3.63, 3.8) is 0 Å². The second-order valence-electron chi connectivity index (χ2n) is 8.12. The lowest BCUT2D eigenvalue weighted by molar-refractivity contribution is -0.117. The number of anilines is 3. The van der Waals surface area contributed by atoms with Crippen molar-refractivity contribution in [2.45, 2.75) is 17.1 Å². The first-order valence-corrected chi connectivity index (χ1v) is 12.6. The molecule has 1 atom stereocenters. The van der Waals surface area contributed by atoms with E-state index in [9.17, 15) is 9.59 Å². The predicted octanol–water partition coefficient (Wildman–Crippen LogP) is 6.80. The number of nitrogens with one attached hydrogen (secondary N) is 1. The molecule has 1 unspecified atom stereocenters. The van der Waals surface area contributed by atoms with Crippen LogP contribution in [0.15, 0.2) is 108 Å². The summed E-state index contributed by atoms with van der Waals surface area (Å²) in [5, 5.41) is 2.53. The summed E-state index contributed by atoms with van der Waals surface area (Å²) in [7, 11) is 3.02. The Balaban J connectivity index is 1.53. The molecule has 0 radical (unpaired) electrons. The zero-order valence-corrected chi connectivity index (χ0v) is 21.7. The quantitative estimate of drug-likeness (QED) is 0.250. The highest BCUT2D eigenvalue weighted by Gasteiger charge is 2.25. The Kier molecular flexibility index (Phi) is 8.48. The summed E-state index contributed by atoms with van der Waals surface area (Å²) >= 11 is 1.43. The van der Waals surface area contributed by atoms with Gasteiger partial charge in [-0.25, -0.2) is 0 Å². The molecular weight excluding hydrogens is 484 g/mol. The van der Waals surface area contributed by atoms with Gasteiger partial charge in [0.1, 0.15) is 17.1 Å². The van der Waals surface area contributed by atoms with Crippen molar-refractivity contribution in [1.82, 2.24) is 0 Å². The molecule has 0 aliphatic rings. The lowest BCUT2D eigenvalue weighted by Crippen LogP contribution is -2.32. The molecule has 0 aliphatic heterocycles. The van der Waals surface area contributed by atoms with E-state index in [0.717, 1.165) is 16.3 Å². The first-order chi connectivity index (χ1) is 18.0. The van der Waals surface area contributed by atoms with Crippen molar-refractivity contribution in [3.05, 3.63) is 109 Å². The van der Waals surface area contributed by atoms with E-state index in [1.54, 1.807) is 29.2 Å². The van der Waals surface area contributed by atoms with Gasteiger partial charge in [-0.3, -0.25) is 14.5 Å². The van der Waals surface area contributed by atoms with Gasteiger partial charge in [0.05, 0.1) is 19.5 Å². The van der Waals surface area contributed by atoms with E-state index in [1.807, 2.05) is 85.8 Å². The Labute approximate surface area is 221 Å². The van der Waals surface area contributed by atoms with E-state index in [-0.39, 0.29) is 17.1 Å². The van der Waals surface area contributed by atoms with Crippen LogP contribution in [0.2, 0.25) is 0 Å². The van der Waals surface area contributed by atoms with Gasteiger partial charge in [-0.1, -0.05) is 48.5 Å². The average Bonchev–Trinajstić information content (AvgIpc) is 2.94. The molecule has 37 heavy (non-hydrogen) atoms. The molecule has 0 spiro atoms. The molecule has 7 heteroatoms. The molecule has 188 valence electrons. The molecule has 4 rings (SSSR count). The monoisotopic (exact) mass is 512 g/mol. The first-order valence-electron chi connectivity index (χ1n) is 11.7. The highest BCUT2D eigenvalue weighted by atomic mass is 32.2. The van der Waals surface area contributed by atoms with Crippen LogP contribution in [0.25, 0.3) is 0 Å². The van der Waals surface area contributed by atoms with E-state index in [1.165, 1.54) is 26.0 Å². The van der Waals surface area contributed by atoms with E-state index in [2.05, 4.69) is 5.32 Å². The molecule has 4 aromatic rings. The zero-order chi connectivity index (χ0) is 26.2. The van der Waals surface area contributed by atoms with Crippen molar-refractivity contribution in [2.75, 3.05) is 24.4 Å². The number of hydrogen-bond donors (Lipinski definition) is 1. The molecule has 4 aromatic carbocycles. The number of hydrogen-bond acceptors (Lipinski definition) is 5. The molecule has 0 heterocycles. The van der Waals surface area contributed by atoms with Crippen LogP contribution in [-0.4, -0.2) is 31.3 Å². The van der Waals surface area contributed by atoms with Crippen LogP contribution in [0.4, 0.5) is 17.1 Å². The fourth-order valence-corrected chi connectivity index (χ4v) is 4.88. The summed E-state index contributed by atoms with van der Waals surface area (Å²) in [6, 6.07) is 31.8. The first kappa shape index (κ1) is 25.9. The van der Waals surface area contributed by atoms with Crippen LogP contribution in [0.3, 0.4) is 0 Å². The number of ether oxygens (including phenoxy) is 2. The van der Waals surface area contributed by atoms with Crippen LogP contribution in [0.1, 0.15) is 17.3 Å². The van der Waals surface area contributed by atoms with E-state index < -0.39 is 0 Å². The number of para-hydroxylation sites is 2. The van der Waals surface area contributed by atoms with Gasteiger partial charge in [-0.2, -0.15) is 0 Å². The summed E-state index contributed by atoms with van der Waals surface area (Å²) < 4.78 is 10.7. The van der Waals surface area contributed by atoms with E-state index in [4.69, 9.17) is 9.47 Å². The van der Waals surface area contributed by atoms with Crippen molar-refractivity contribution in [1.29, 1.82) is 0 Å². The summed E-state index contributed by atoms with van der Waals surface area (Å²) in [6.45, 7) is 1.89. The summed E-state index contributed by atoms with van der Waals surface area (Å²) in [6.07, 6.45) is 0. The van der Waals surface area contributed by atoms with Gasteiger partial charge in [-0.15, -0.1) is 11.8 Å². The van der Waals surface area contributed by atoms with Crippen LogP contribution in [0.5, 0.6) is 11.5 Å². The zero-order valence-electron chi connectivity index (χ0n) is 20.9. The van der Waals surface area contributed by atoms with Gasteiger partial charge in [-0.05, 0) is 61.5 Å². The highest BCUT2D eigenvalue weighted by Crippen LogP contribution is 2.33. The van der Waals surface area contributed by atoms with E-state index >= 15 is 0 Å². The number of carbonyl (C=O) groups is 2. The molecular formula is C30H28N2O4S. The lowest BCUT2D eigenvalue weighted by atomic mass is 10.1. The smallest absolute Gasteiger partial charge is 0.263 e. The van der Waals surface area contributed by atoms with Gasteiger partial charge >= 0.3 is 0 Å². The minimum atomic E-state index is -0.388. The van der Waals surface area contributed by atoms with Gasteiger partial charge in [0.2, 0.25) is 5.91 Å². The maximum Gasteiger partial charge on any atom is 0.263 e. The Bertz CT molecular complexity index is 1300. The fourth-order valence-electron chi connectivity index (χ4n) is 3.91. The number of amides is 2. The number of carbonyl (C=O) groups excluding carboxylic acids is 2. The van der Waals surface area contributed by atoms with Crippen molar-refractivity contribution < 1.29 is 19.1 Å². The normalized spacial score (nSPS) is 11.3. The third kappa shape index (κ3) is 6.13. The van der Waals surface area contributed by atoms with Crippen LogP contribution in [0, 0.1) is 0 Å². The second-order valence-corrected chi connectivity index (χ2v) is 9.54. The number of methoxy groups -OCH3 is 2. The maximum atomic E-state index is 13.6. The minimum Gasteiger partial charge on any atom is -0.496 e. The molecule has 6 nitrogen and oxygen atoms in total. The average molecular weight is 513 g/mol. The molecule has 1 N–H and O–H groups in total. The molecule has 0 aliphatic carbocycles. The van der Waals surface area contributed by atoms with Gasteiger partial charge in [0.15, 0.2) is 0 Å². The van der Waals surface area contributed by atoms with Gasteiger partial charge in [0, 0.05) is 22.0 Å². The van der Waals surface area contributed by atoms with Crippen molar-refractivity contribution in [3.8, 4) is 11.5 Å². The minimum absolute atomic E-state index is 0.0457. The predicted molar refractivity (Wildman–Crippen MR) is 149 cm³/mol. The topological polar surface area (TPSA) is 67.9 Å². The molecule has 0 fully saturated rings. The number of thioether (sulfide) groups is 1. The Morgan fingerprint density at radius 1 is 0.757 bits per heavy atom. The fraction of sp³-hybridized carbons (Fsp3) is 0.133. The highest BCUT2D eigenvalue weighted by molar-refractivity contribution is 8.00. The third-order valence-corrected chi connectivity index (χ3v) is 6.74. The van der Waals surface area contributed by atoms with E-state index in [0.29, 0.717) is 22.7 Å². The van der Waals surface area contributed by atoms with Gasteiger partial charge in [0.25, 0.3) is 5.91 Å². The lowest BCUT2D eigenvalue weighted by Gasteiger charge is -2.26. The Morgan fingerprint density at radius 2 is 1.30 bits per heavy atom. The number of benzene rings is 4. The maximum absolute atomic E-state index is 13.6. The SMILES string of the molecule is COc1cccc(OC)c1C(=O)Nc1cccc(SC(C)C(=O)N(c2ccccc2)c2ccccc2)c1. The van der Waals surface area contributed by atoms with Gasteiger partial charge < -0.3 is 14.8 Å². The Morgan fingerprint density at radius 3 is 1.84 bits per heavy atom. The standard InChI is InChI=1S/C30H28N2O4S/c1-21(30(34)32(23-13-6-4-7-14-23)24-15-8-5-9-16-24)37-25-17-10-12-22(20-25)31-29(33)28-26(35-2)18-11-19-27(28)36-3/h4-21H,1-3H3,(H,31,33). The molecule has 0 saturated heterocycles. The molecule has 2 amide bonds. The van der Waals surface area contributed by atoms with Crippen LogP contribution in [-0.2, 0) is 4.79 Å². The summed E-state index contributed by atoms with van der Waals surface area (Å²) in [5.74, 6) is 0.447. The van der Waals surface area contributed by atoms with Crippen molar-refractivity contribution >= 4 is 40.6 Å². The van der Waals surface area contributed by atoms with Crippen LogP contribution < -0.4 is 19.7 Å². The van der Waals surface area contributed by atoms with Crippen molar-refractivity contribution in [2.24, 2.45) is 0 Å². The Hall–Kier alpha value is -4.23. The summed E-state index contributed by atoms with van der Waals surface area (Å²) in [5.41, 5.74) is 2.52.